The van der Waals surface area contributed by atoms with E-state index in [1.54, 1.807) is 19.1 Å². The zero-order valence-electron chi connectivity index (χ0n) is 17.3. The van der Waals surface area contributed by atoms with Crippen LogP contribution in [0.4, 0.5) is 0 Å². The molecule has 0 amide bonds. The second kappa shape index (κ2) is 11.5. The maximum absolute atomic E-state index is 12.6. The molecule has 0 bridgehead atoms. The molecule has 2 rings (SSSR count). The molecular formula is C23H38O4. The minimum atomic E-state index is -1.34. The lowest BCUT2D eigenvalue weighted by molar-refractivity contribution is -0.167. The number of rotatable bonds is 9. The number of ether oxygens (including phenoxy) is 2. The van der Waals surface area contributed by atoms with E-state index in [0.717, 1.165) is 12.8 Å². The predicted octanol–water partition coefficient (Wildman–Crippen LogP) is 5.60. The molecule has 0 heterocycles. The van der Waals surface area contributed by atoms with Gasteiger partial charge < -0.3 is 9.47 Å². The van der Waals surface area contributed by atoms with Crippen molar-refractivity contribution in [3.05, 3.63) is 12.2 Å². The van der Waals surface area contributed by atoms with Crippen LogP contribution < -0.4 is 0 Å². The molecule has 2 aliphatic rings. The molecule has 0 aliphatic heterocycles. The molecule has 4 heteroatoms. The summed E-state index contributed by atoms with van der Waals surface area (Å²) in [7, 11) is 0. The van der Waals surface area contributed by atoms with Crippen LogP contribution in [0.5, 0.6) is 0 Å². The fraction of sp³-hybridized carbons (Fsp3) is 0.826. The number of allylic oxidation sites excluding steroid dienone is 1. The van der Waals surface area contributed by atoms with E-state index in [2.05, 4.69) is 0 Å². The minimum Gasteiger partial charge on any atom is -0.465 e. The van der Waals surface area contributed by atoms with Crippen LogP contribution in [0, 0.1) is 17.3 Å². The second-order valence-electron chi connectivity index (χ2n) is 8.56. The van der Waals surface area contributed by atoms with Crippen molar-refractivity contribution in [2.75, 3.05) is 13.2 Å². The van der Waals surface area contributed by atoms with E-state index >= 15 is 0 Å². The van der Waals surface area contributed by atoms with Crippen LogP contribution in [0.25, 0.3) is 0 Å². The Bertz CT molecular complexity index is 449. The highest BCUT2D eigenvalue weighted by molar-refractivity contribution is 6.01. The number of hydrogen-bond donors (Lipinski definition) is 0. The average Bonchev–Trinajstić information content (AvgIpc) is 2.69. The highest BCUT2D eigenvalue weighted by Crippen LogP contribution is 2.29. The first kappa shape index (κ1) is 22.0. The number of carbonyl (C=O) groups is 2. The molecule has 0 aromatic heterocycles. The van der Waals surface area contributed by atoms with Crippen LogP contribution in [0.3, 0.4) is 0 Å². The normalized spacial score (nSPS) is 19.9. The maximum Gasteiger partial charge on any atom is 0.327 e. The third-order valence-electron chi connectivity index (χ3n) is 6.32. The maximum atomic E-state index is 12.6. The van der Waals surface area contributed by atoms with Gasteiger partial charge in [0.05, 0.1) is 13.2 Å². The zero-order chi connectivity index (χ0) is 19.5. The minimum absolute atomic E-state index is 0.395. The largest absolute Gasteiger partial charge is 0.465 e. The van der Waals surface area contributed by atoms with Gasteiger partial charge in [0.2, 0.25) is 0 Å². The summed E-state index contributed by atoms with van der Waals surface area (Å²) in [6.07, 6.45) is 17.8. The van der Waals surface area contributed by atoms with Gasteiger partial charge in [0.1, 0.15) is 0 Å². The zero-order valence-corrected chi connectivity index (χ0v) is 17.3. The Hall–Kier alpha value is -1.32. The van der Waals surface area contributed by atoms with E-state index in [1.807, 2.05) is 6.92 Å². The molecule has 0 saturated heterocycles. The Kier molecular flexibility index (Phi) is 9.36. The number of hydrogen-bond acceptors (Lipinski definition) is 4. The van der Waals surface area contributed by atoms with Crippen LogP contribution in [0.15, 0.2) is 12.2 Å². The lowest BCUT2D eigenvalue weighted by Gasteiger charge is -2.25. The van der Waals surface area contributed by atoms with Crippen molar-refractivity contribution in [1.82, 2.24) is 0 Å². The Balaban J connectivity index is 1.77. The van der Waals surface area contributed by atoms with Crippen LogP contribution >= 0.6 is 0 Å². The summed E-state index contributed by atoms with van der Waals surface area (Å²) < 4.78 is 11.0. The third-order valence-corrected chi connectivity index (χ3v) is 6.32. The van der Waals surface area contributed by atoms with Gasteiger partial charge in [-0.1, -0.05) is 76.4 Å². The summed E-state index contributed by atoms with van der Waals surface area (Å²) in [5.74, 6) is 0.335. The van der Waals surface area contributed by atoms with E-state index in [4.69, 9.17) is 9.47 Å². The molecule has 27 heavy (non-hydrogen) atoms. The molecule has 0 aromatic carbocycles. The van der Waals surface area contributed by atoms with Crippen LogP contribution in [0.2, 0.25) is 0 Å². The van der Waals surface area contributed by atoms with Crippen LogP contribution in [-0.2, 0) is 19.1 Å². The first-order valence-corrected chi connectivity index (χ1v) is 11.0. The van der Waals surface area contributed by atoms with E-state index in [-0.39, 0.29) is 0 Å². The standard InChI is InChI=1S/C23H38O4/c1-3-16-23(2,21(24)26-17-14-19-10-6-4-7-11-19)22(25)27-18-15-20-12-8-5-9-13-20/h3,16,19-20H,4-15,17-18H2,1-2H3. The van der Waals surface area contributed by atoms with Gasteiger partial charge in [0.15, 0.2) is 5.41 Å². The molecule has 2 aliphatic carbocycles. The third kappa shape index (κ3) is 6.97. The quantitative estimate of drug-likeness (QED) is 0.298. The van der Waals surface area contributed by atoms with Crippen molar-refractivity contribution >= 4 is 11.9 Å². The first-order valence-electron chi connectivity index (χ1n) is 11.0. The fourth-order valence-corrected chi connectivity index (χ4v) is 4.44. The Morgan fingerprint density at radius 1 is 0.815 bits per heavy atom. The van der Waals surface area contributed by atoms with Crippen molar-refractivity contribution in [3.8, 4) is 0 Å². The summed E-state index contributed by atoms with van der Waals surface area (Å²) in [4.78, 5) is 25.3. The second-order valence-corrected chi connectivity index (χ2v) is 8.56. The van der Waals surface area contributed by atoms with E-state index in [1.165, 1.54) is 64.2 Å². The number of carbonyl (C=O) groups excluding carboxylic acids is 2. The molecule has 154 valence electrons. The SMILES string of the molecule is CC=CC(C)(C(=O)OCCC1CCCCC1)C(=O)OCCC1CCCCC1. The molecule has 2 saturated carbocycles. The summed E-state index contributed by atoms with van der Waals surface area (Å²) >= 11 is 0. The Labute approximate surface area is 165 Å². The lowest BCUT2D eigenvalue weighted by Crippen LogP contribution is -2.38. The van der Waals surface area contributed by atoms with Crippen LogP contribution in [0.1, 0.15) is 90.9 Å². The van der Waals surface area contributed by atoms with Gasteiger partial charge in [-0.3, -0.25) is 9.59 Å². The topological polar surface area (TPSA) is 52.6 Å². The molecular weight excluding hydrogens is 340 g/mol. The van der Waals surface area contributed by atoms with E-state index < -0.39 is 17.4 Å². The van der Waals surface area contributed by atoms with Crippen molar-refractivity contribution < 1.29 is 19.1 Å². The van der Waals surface area contributed by atoms with E-state index in [0.29, 0.717) is 25.0 Å². The van der Waals surface area contributed by atoms with Gasteiger partial charge >= 0.3 is 11.9 Å². The Morgan fingerprint density at radius 2 is 1.22 bits per heavy atom. The molecule has 0 aromatic rings. The number of esters is 2. The van der Waals surface area contributed by atoms with Gasteiger partial charge in [0.25, 0.3) is 0 Å². The molecule has 0 radical (unpaired) electrons. The van der Waals surface area contributed by atoms with Gasteiger partial charge in [-0.25, -0.2) is 0 Å². The van der Waals surface area contributed by atoms with Gasteiger partial charge in [-0.05, 0) is 38.5 Å². The van der Waals surface area contributed by atoms with Gasteiger partial charge in [-0.15, -0.1) is 0 Å². The molecule has 0 N–H and O–H groups in total. The first-order chi connectivity index (χ1) is 13.1. The van der Waals surface area contributed by atoms with Crippen molar-refractivity contribution in [2.24, 2.45) is 17.3 Å². The highest BCUT2D eigenvalue weighted by atomic mass is 16.6. The smallest absolute Gasteiger partial charge is 0.327 e. The summed E-state index contributed by atoms with van der Waals surface area (Å²) in [6, 6.07) is 0. The average molecular weight is 379 g/mol. The van der Waals surface area contributed by atoms with E-state index in [9.17, 15) is 9.59 Å². The van der Waals surface area contributed by atoms with Gasteiger partial charge in [-0.2, -0.15) is 0 Å². The summed E-state index contributed by atoms with van der Waals surface area (Å²) in [5, 5.41) is 0. The fourth-order valence-electron chi connectivity index (χ4n) is 4.44. The molecule has 4 nitrogen and oxygen atoms in total. The molecule has 0 atom stereocenters. The van der Waals surface area contributed by atoms with Gasteiger partial charge in [0, 0.05) is 0 Å². The molecule has 0 spiro atoms. The molecule has 0 unspecified atom stereocenters. The Morgan fingerprint density at radius 3 is 1.59 bits per heavy atom. The highest BCUT2D eigenvalue weighted by Gasteiger charge is 2.42. The predicted molar refractivity (Wildman–Crippen MR) is 107 cm³/mol. The summed E-state index contributed by atoms with van der Waals surface area (Å²) in [6.45, 7) is 4.21. The van der Waals surface area contributed by atoms with Crippen molar-refractivity contribution in [3.63, 3.8) is 0 Å². The van der Waals surface area contributed by atoms with Crippen molar-refractivity contribution in [2.45, 2.75) is 90.9 Å². The monoisotopic (exact) mass is 378 g/mol. The van der Waals surface area contributed by atoms with Crippen LogP contribution in [-0.4, -0.2) is 25.2 Å². The molecule has 2 fully saturated rings. The lowest BCUT2D eigenvalue weighted by atomic mass is 9.87. The van der Waals surface area contributed by atoms with Crippen molar-refractivity contribution in [1.29, 1.82) is 0 Å². The summed E-state index contributed by atoms with van der Waals surface area (Å²) in [5.41, 5.74) is -1.34.